The Hall–Kier alpha value is -1.34. The smallest absolute Gasteiger partial charge is 0.161 e. The van der Waals surface area contributed by atoms with Crippen molar-refractivity contribution in [1.82, 2.24) is 5.43 Å². The fraction of sp³-hybridized carbons (Fsp3) is 0.600. The van der Waals surface area contributed by atoms with Crippen LogP contribution in [0, 0.1) is 0 Å². The molecule has 1 aromatic carbocycles. The monoisotopic (exact) mass is 296 g/mol. The molecule has 0 amide bonds. The van der Waals surface area contributed by atoms with Gasteiger partial charge in [0.2, 0.25) is 0 Å². The Bertz CT molecular complexity index is 428. The molecule has 1 aliphatic rings. The first-order valence-electron chi connectivity index (χ1n) is 7.27. The fourth-order valence-electron chi connectivity index (χ4n) is 2.19. The molecule has 1 aliphatic heterocycles. The number of hydrogen-bond acceptors (Lipinski definition) is 6. The third-order valence-electron chi connectivity index (χ3n) is 3.36. The third kappa shape index (κ3) is 4.86. The number of benzene rings is 1. The van der Waals surface area contributed by atoms with Gasteiger partial charge in [-0.3, -0.25) is 11.3 Å². The lowest BCUT2D eigenvalue weighted by Gasteiger charge is -2.18. The lowest BCUT2D eigenvalue weighted by Crippen LogP contribution is -2.29. The Morgan fingerprint density at radius 2 is 2.00 bits per heavy atom. The van der Waals surface area contributed by atoms with Crippen LogP contribution in [0.15, 0.2) is 18.2 Å². The van der Waals surface area contributed by atoms with E-state index in [1.165, 1.54) is 0 Å². The lowest BCUT2D eigenvalue weighted by molar-refractivity contribution is 0.0657. The summed E-state index contributed by atoms with van der Waals surface area (Å²) in [5.74, 6) is 7.23. The molecular weight excluding hydrogens is 272 g/mol. The maximum absolute atomic E-state index is 5.70. The van der Waals surface area contributed by atoms with Crippen molar-refractivity contribution in [2.75, 3.05) is 40.1 Å². The summed E-state index contributed by atoms with van der Waals surface area (Å²) in [4.78, 5) is 0. The molecule has 0 aromatic heterocycles. The van der Waals surface area contributed by atoms with Crippen molar-refractivity contribution in [2.45, 2.75) is 18.9 Å². The van der Waals surface area contributed by atoms with Crippen molar-refractivity contribution in [3.8, 4) is 11.5 Å². The molecule has 1 atom stereocenters. The molecule has 0 bridgehead atoms. The zero-order valence-electron chi connectivity index (χ0n) is 12.5. The number of hydrazine groups is 1. The van der Waals surface area contributed by atoms with Gasteiger partial charge >= 0.3 is 0 Å². The molecule has 6 nitrogen and oxygen atoms in total. The number of methoxy groups -OCH3 is 1. The fourth-order valence-corrected chi connectivity index (χ4v) is 2.19. The molecule has 3 N–H and O–H groups in total. The van der Waals surface area contributed by atoms with Gasteiger partial charge in [0, 0.05) is 26.2 Å². The van der Waals surface area contributed by atoms with Gasteiger partial charge in [-0.05, 0) is 24.1 Å². The molecule has 0 aliphatic carbocycles. The topological polar surface area (TPSA) is 75.0 Å². The van der Waals surface area contributed by atoms with Crippen LogP contribution >= 0.6 is 0 Å². The second-order valence-electron chi connectivity index (χ2n) is 4.87. The van der Waals surface area contributed by atoms with Gasteiger partial charge in [0.05, 0.1) is 26.4 Å². The van der Waals surface area contributed by atoms with Gasteiger partial charge in [-0.15, -0.1) is 0 Å². The lowest BCUT2D eigenvalue weighted by atomic mass is 10.0. The molecule has 0 spiro atoms. The van der Waals surface area contributed by atoms with Crippen LogP contribution in [-0.4, -0.2) is 40.1 Å². The molecule has 2 rings (SSSR count). The molecule has 1 unspecified atom stereocenters. The quantitative estimate of drug-likeness (QED) is 0.429. The first-order valence-corrected chi connectivity index (χ1v) is 7.27. The maximum atomic E-state index is 5.70. The summed E-state index contributed by atoms with van der Waals surface area (Å²) in [6.45, 7) is 3.18. The van der Waals surface area contributed by atoms with E-state index in [0.717, 1.165) is 29.9 Å². The molecule has 1 aromatic rings. The van der Waals surface area contributed by atoms with Gasteiger partial charge in [0.25, 0.3) is 0 Å². The van der Waals surface area contributed by atoms with Crippen molar-refractivity contribution in [3.05, 3.63) is 23.8 Å². The number of nitrogens with two attached hydrogens (primary N) is 1. The Balaban J connectivity index is 1.93. The molecular formula is C15H24N2O4. The molecule has 21 heavy (non-hydrogen) atoms. The standard InChI is InChI=1S/C15H24N2O4/c1-18-9-10-19-8-5-13(17-16)12-3-4-14-15(11-12)21-7-2-6-20-14/h3-4,11,13,17H,2,5-10,16H2,1H3. The molecule has 0 saturated carbocycles. The van der Waals surface area contributed by atoms with Crippen molar-refractivity contribution in [3.63, 3.8) is 0 Å². The second-order valence-corrected chi connectivity index (χ2v) is 4.87. The van der Waals surface area contributed by atoms with Gasteiger partial charge < -0.3 is 18.9 Å². The van der Waals surface area contributed by atoms with Crippen LogP contribution in [-0.2, 0) is 9.47 Å². The average molecular weight is 296 g/mol. The van der Waals surface area contributed by atoms with E-state index in [9.17, 15) is 0 Å². The molecule has 6 heteroatoms. The largest absolute Gasteiger partial charge is 0.490 e. The van der Waals surface area contributed by atoms with E-state index in [1.54, 1.807) is 7.11 Å². The Morgan fingerprint density at radius 1 is 1.19 bits per heavy atom. The second kappa shape index (κ2) is 8.84. The van der Waals surface area contributed by atoms with Crippen LogP contribution in [0.4, 0.5) is 0 Å². The summed E-state index contributed by atoms with van der Waals surface area (Å²) in [5.41, 5.74) is 3.89. The van der Waals surface area contributed by atoms with Crippen molar-refractivity contribution >= 4 is 0 Å². The SMILES string of the molecule is COCCOCCC(NN)c1ccc2c(c1)OCCCO2. The summed E-state index contributed by atoms with van der Waals surface area (Å²) >= 11 is 0. The summed E-state index contributed by atoms with van der Waals surface area (Å²) in [7, 11) is 1.66. The highest BCUT2D eigenvalue weighted by molar-refractivity contribution is 5.44. The predicted molar refractivity (Wildman–Crippen MR) is 79.4 cm³/mol. The van der Waals surface area contributed by atoms with E-state index in [4.69, 9.17) is 24.8 Å². The van der Waals surface area contributed by atoms with E-state index >= 15 is 0 Å². The van der Waals surface area contributed by atoms with E-state index in [2.05, 4.69) is 5.43 Å². The molecule has 0 radical (unpaired) electrons. The minimum absolute atomic E-state index is 0.0182. The third-order valence-corrected chi connectivity index (χ3v) is 3.36. The number of fused-ring (bicyclic) bond motifs is 1. The van der Waals surface area contributed by atoms with E-state index < -0.39 is 0 Å². The van der Waals surface area contributed by atoms with Crippen LogP contribution in [0.25, 0.3) is 0 Å². The minimum atomic E-state index is 0.0182. The Kier molecular flexibility index (Phi) is 6.75. The van der Waals surface area contributed by atoms with Gasteiger partial charge in [-0.25, -0.2) is 0 Å². The summed E-state index contributed by atoms with van der Waals surface area (Å²) in [6.07, 6.45) is 1.68. The maximum Gasteiger partial charge on any atom is 0.161 e. The number of ether oxygens (including phenoxy) is 4. The van der Waals surface area contributed by atoms with Crippen molar-refractivity contribution in [1.29, 1.82) is 0 Å². The van der Waals surface area contributed by atoms with Gasteiger partial charge in [0.1, 0.15) is 0 Å². The van der Waals surface area contributed by atoms with E-state index in [0.29, 0.717) is 33.0 Å². The van der Waals surface area contributed by atoms with Crippen molar-refractivity contribution in [2.24, 2.45) is 5.84 Å². The summed E-state index contributed by atoms with van der Waals surface area (Å²) < 4.78 is 21.7. The first kappa shape index (κ1) is 16.0. The van der Waals surface area contributed by atoms with E-state index in [1.807, 2.05) is 18.2 Å². The van der Waals surface area contributed by atoms with Crippen LogP contribution < -0.4 is 20.7 Å². The van der Waals surface area contributed by atoms with Gasteiger partial charge in [-0.1, -0.05) is 6.07 Å². The summed E-state index contributed by atoms with van der Waals surface area (Å²) in [5, 5.41) is 0. The minimum Gasteiger partial charge on any atom is -0.490 e. The Morgan fingerprint density at radius 3 is 2.76 bits per heavy atom. The molecule has 0 fully saturated rings. The normalized spacial score (nSPS) is 15.5. The van der Waals surface area contributed by atoms with Crippen LogP contribution in [0.2, 0.25) is 0 Å². The molecule has 118 valence electrons. The van der Waals surface area contributed by atoms with Crippen LogP contribution in [0.1, 0.15) is 24.4 Å². The zero-order valence-corrected chi connectivity index (χ0v) is 12.5. The number of nitrogens with one attached hydrogen (secondary N) is 1. The highest BCUT2D eigenvalue weighted by atomic mass is 16.5. The van der Waals surface area contributed by atoms with Gasteiger partial charge in [-0.2, -0.15) is 0 Å². The number of rotatable bonds is 8. The highest BCUT2D eigenvalue weighted by Gasteiger charge is 2.15. The van der Waals surface area contributed by atoms with Gasteiger partial charge in [0.15, 0.2) is 11.5 Å². The first-order chi connectivity index (χ1) is 10.3. The number of hydrogen-bond donors (Lipinski definition) is 2. The molecule has 0 saturated heterocycles. The summed E-state index contributed by atoms with van der Waals surface area (Å²) in [6, 6.07) is 5.95. The zero-order chi connectivity index (χ0) is 14.9. The predicted octanol–water partition coefficient (Wildman–Crippen LogP) is 1.41. The average Bonchev–Trinajstić information content (AvgIpc) is 2.75. The Labute approximate surface area is 125 Å². The van der Waals surface area contributed by atoms with E-state index in [-0.39, 0.29) is 6.04 Å². The van der Waals surface area contributed by atoms with Crippen LogP contribution in [0.3, 0.4) is 0 Å². The van der Waals surface area contributed by atoms with Crippen molar-refractivity contribution < 1.29 is 18.9 Å². The molecule has 1 heterocycles. The highest BCUT2D eigenvalue weighted by Crippen LogP contribution is 2.32. The van der Waals surface area contributed by atoms with Crippen LogP contribution in [0.5, 0.6) is 11.5 Å².